The Morgan fingerprint density at radius 2 is 2.36 bits per heavy atom. The number of carbonyl (C=O) groups is 1. The zero-order valence-corrected chi connectivity index (χ0v) is 8.21. The minimum Gasteiger partial charge on any atom is -0.481 e. The van der Waals surface area contributed by atoms with Gasteiger partial charge in [-0.1, -0.05) is 5.10 Å². The second-order valence-electron chi connectivity index (χ2n) is 2.83. The highest BCUT2D eigenvalue weighted by Crippen LogP contribution is 2.06. The van der Waals surface area contributed by atoms with Crippen molar-refractivity contribution in [3.63, 3.8) is 0 Å². The summed E-state index contributed by atoms with van der Waals surface area (Å²) in [7, 11) is 1.72. The molecule has 0 radical (unpaired) electrons. The smallest absolute Gasteiger partial charge is 0.305 e. The molecule has 0 saturated heterocycles. The summed E-state index contributed by atoms with van der Waals surface area (Å²) in [5.41, 5.74) is 0. The third-order valence-electron chi connectivity index (χ3n) is 1.86. The van der Waals surface area contributed by atoms with E-state index in [0.29, 0.717) is 19.0 Å². The molecular formula is C7H13N5O2. The van der Waals surface area contributed by atoms with Gasteiger partial charge in [0.15, 0.2) is 0 Å². The van der Waals surface area contributed by atoms with Crippen LogP contribution in [0.5, 0.6) is 0 Å². The van der Waals surface area contributed by atoms with Gasteiger partial charge in [-0.05, 0) is 17.4 Å². The first-order valence-electron chi connectivity index (χ1n) is 4.34. The molecule has 7 heteroatoms. The summed E-state index contributed by atoms with van der Waals surface area (Å²) in [5.74, 6) is -0.229. The van der Waals surface area contributed by atoms with Gasteiger partial charge in [0.25, 0.3) is 0 Å². The molecule has 1 N–H and O–H groups in total. The van der Waals surface area contributed by atoms with E-state index in [1.807, 2.05) is 11.8 Å². The van der Waals surface area contributed by atoms with Crippen molar-refractivity contribution in [2.45, 2.75) is 13.3 Å². The molecule has 0 aromatic carbocycles. The Labute approximate surface area is 81.3 Å². The predicted octanol–water partition coefficient (Wildman–Crippen LogP) is -0.489. The first kappa shape index (κ1) is 10.4. The van der Waals surface area contributed by atoms with Crippen molar-refractivity contribution in [1.29, 1.82) is 0 Å². The van der Waals surface area contributed by atoms with Crippen LogP contribution in [0, 0.1) is 0 Å². The Bertz CT molecular complexity index is 311. The third kappa shape index (κ3) is 2.41. The van der Waals surface area contributed by atoms with E-state index in [2.05, 4.69) is 15.5 Å². The largest absolute Gasteiger partial charge is 0.481 e. The van der Waals surface area contributed by atoms with Gasteiger partial charge in [0.05, 0.1) is 6.42 Å². The van der Waals surface area contributed by atoms with Crippen LogP contribution in [0.3, 0.4) is 0 Å². The van der Waals surface area contributed by atoms with E-state index in [1.54, 1.807) is 7.05 Å². The lowest BCUT2D eigenvalue weighted by atomic mass is 10.4. The number of rotatable bonds is 5. The molecule has 0 aliphatic heterocycles. The molecule has 7 nitrogen and oxygen atoms in total. The molecule has 1 rings (SSSR count). The molecule has 1 aromatic rings. The maximum absolute atomic E-state index is 10.4. The lowest BCUT2D eigenvalue weighted by molar-refractivity contribution is -0.136. The molecule has 0 aliphatic carbocycles. The maximum Gasteiger partial charge on any atom is 0.305 e. The standard InChI is InChI=1S/C7H13N5O2/c1-3-12(5-4-6(13)14)7-8-9-10-11(7)2/h3-5H2,1-2H3,(H,13,14). The lowest BCUT2D eigenvalue weighted by Crippen LogP contribution is -2.28. The average Bonchev–Trinajstić information content (AvgIpc) is 2.53. The summed E-state index contributed by atoms with van der Waals surface area (Å²) in [6, 6.07) is 0. The van der Waals surface area contributed by atoms with Crippen LogP contribution < -0.4 is 4.90 Å². The van der Waals surface area contributed by atoms with Crippen molar-refractivity contribution >= 4 is 11.9 Å². The van der Waals surface area contributed by atoms with Gasteiger partial charge < -0.3 is 10.0 Å². The quantitative estimate of drug-likeness (QED) is 0.689. The van der Waals surface area contributed by atoms with Gasteiger partial charge in [0.2, 0.25) is 5.95 Å². The molecule has 0 bridgehead atoms. The highest BCUT2D eigenvalue weighted by molar-refractivity contribution is 5.67. The van der Waals surface area contributed by atoms with Crippen LogP contribution in [0.15, 0.2) is 0 Å². The Morgan fingerprint density at radius 1 is 1.64 bits per heavy atom. The second-order valence-corrected chi connectivity index (χ2v) is 2.83. The number of nitrogens with zero attached hydrogens (tertiary/aromatic N) is 5. The average molecular weight is 199 g/mol. The van der Waals surface area contributed by atoms with Crippen molar-refractivity contribution in [1.82, 2.24) is 20.2 Å². The molecule has 0 fully saturated rings. The number of tetrazole rings is 1. The molecule has 0 aliphatic rings. The fraction of sp³-hybridized carbons (Fsp3) is 0.714. The van der Waals surface area contributed by atoms with Crippen molar-refractivity contribution in [3.05, 3.63) is 0 Å². The number of aliphatic carboxylic acids is 1. The minimum absolute atomic E-state index is 0.0840. The number of aromatic nitrogens is 4. The molecule has 14 heavy (non-hydrogen) atoms. The van der Waals surface area contributed by atoms with Crippen LogP contribution in [-0.2, 0) is 11.8 Å². The minimum atomic E-state index is -0.821. The fourth-order valence-corrected chi connectivity index (χ4v) is 1.12. The van der Waals surface area contributed by atoms with E-state index in [1.165, 1.54) is 4.68 Å². The monoisotopic (exact) mass is 199 g/mol. The zero-order valence-electron chi connectivity index (χ0n) is 8.21. The molecule has 78 valence electrons. The van der Waals surface area contributed by atoms with Crippen molar-refractivity contribution in [3.8, 4) is 0 Å². The van der Waals surface area contributed by atoms with Crippen LogP contribution in [0.25, 0.3) is 0 Å². The molecular weight excluding hydrogens is 186 g/mol. The molecule has 1 aromatic heterocycles. The fourth-order valence-electron chi connectivity index (χ4n) is 1.12. The van der Waals surface area contributed by atoms with Crippen LogP contribution in [0.2, 0.25) is 0 Å². The van der Waals surface area contributed by atoms with E-state index in [4.69, 9.17) is 5.11 Å². The Balaban J connectivity index is 2.63. The molecule has 0 saturated carbocycles. The first-order valence-corrected chi connectivity index (χ1v) is 4.34. The normalized spacial score (nSPS) is 10.1. The highest BCUT2D eigenvalue weighted by atomic mass is 16.4. The number of carboxylic acids is 1. The van der Waals surface area contributed by atoms with E-state index in [0.717, 1.165) is 0 Å². The summed E-state index contributed by atoms with van der Waals surface area (Å²) in [5, 5.41) is 19.5. The van der Waals surface area contributed by atoms with E-state index < -0.39 is 5.97 Å². The van der Waals surface area contributed by atoms with Crippen molar-refractivity contribution < 1.29 is 9.90 Å². The SMILES string of the molecule is CCN(CCC(=O)O)c1nnnn1C. The number of anilines is 1. The van der Waals surface area contributed by atoms with Gasteiger partial charge >= 0.3 is 5.97 Å². The van der Waals surface area contributed by atoms with E-state index in [9.17, 15) is 4.79 Å². The van der Waals surface area contributed by atoms with Gasteiger partial charge in [-0.3, -0.25) is 4.79 Å². The van der Waals surface area contributed by atoms with Gasteiger partial charge in [-0.25, -0.2) is 4.68 Å². The molecule has 0 atom stereocenters. The number of hydrogen-bond acceptors (Lipinski definition) is 5. The zero-order chi connectivity index (χ0) is 10.6. The number of hydrogen-bond donors (Lipinski definition) is 1. The van der Waals surface area contributed by atoms with Crippen LogP contribution in [-0.4, -0.2) is 44.4 Å². The third-order valence-corrected chi connectivity index (χ3v) is 1.86. The summed E-state index contributed by atoms with van der Waals surface area (Å²) in [4.78, 5) is 12.2. The summed E-state index contributed by atoms with van der Waals surface area (Å²) in [6.07, 6.45) is 0.0840. The van der Waals surface area contributed by atoms with Gasteiger partial charge in [-0.2, -0.15) is 0 Å². The van der Waals surface area contributed by atoms with Crippen molar-refractivity contribution in [2.75, 3.05) is 18.0 Å². The van der Waals surface area contributed by atoms with Crippen molar-refractivity contribution in [2.24, 2.45) is 7.05 Å². The summed E-state index contributed by atoms with van der Waals surface area (Å²) in [6.45, 7) is 3.03. The highest BCUT2D eigenvalue weighted by Gasteiger charge is 2.11. The Kier molecular flexibility index (Phi) is 3.38. The Hall–Kier alpha value is -1.66. The van der Waals surface area contributed by atoms with Crippen LogP contribution in [0.4, 0.5) is 5.95 Å². The molecule has 0 amide bonds. The lowest BCUT2D eigenvalue weighted by Gasteiger charge is -2.18. The number of carboxylic acid groups (broad SMARTS) is 1. The second kappa shape index (κ2) is 4.54. The number of aryl methyl sites for hydroxylation is 1. The topological polar surface area (TPSA) is 84.1 Å². The molecule has 1 heterocycles. The first-order chi connectivity index (χ1) is 6.65. The van der Waals surface area contributed by atoms with Gasteiger partial charge in [0, 0.05) is 20.1 Å². The summed E-state index contributed by atoms with van der Waals surface area (Å²) >= 11 is 0. The van der Waals surface area contributed by atoms with Crippen LogP contribution in [0.1, 0.15) is 13.3 Å². The molecule has 0 unspecified atom stereocenters. The van der Waals surface area contributed by atoms with Crippen LogP contribution >= 0.6 is 0 Å². The van der Waals surface area contributed by atoms with E-state index in [-0.39, 0.29) is 6.42 Å². The maximum atomic E-state index is 10.4. The Morgan fingerprint density at radius 3 is 2.79 bits per heavy atom. The van der Waals surface area contributed by atoms with E-state index >= 15 is 0 Å². The van der Waals surface area contributed by atoms with Gasteiger partial charge in [0.1, 0.15) is 0 Å². The molecule has 0 spiro atoms. The summed E-state index contributed by atoms with van der Waals surface area (Å²) < 4.78 is 1.52. The van der Waals surface area contributed by atoms with Gasteiger partial charge in [-0.15, -0.1) is 0 Å². The predicted molar refractivity (Wildman–Crippen MR) is 48.9 cm³/mol.